The minimum atomic E-state index is -0.615. The third kappa shape index (κ3) is 1.86. The van der Waals surface area contributed by atoms with Gasteiger partial charge >= 0.3 is 0 Å². The van der Waals surface area contributed by atoms with Gasteiger partial charge in [0.1, 0.15) is 11.7 Å². The average molecular weight is 232 g/mol. The molecular weight excluding hydrogens is 216 g/mol. The van der Waals surface area contributed by atoms with E-state index in [1.807, 2.05) is 13.8 Å². The SMILES string of the molecule is CC(C)C1C2=C(CCCC2=O)OC(=N)C1C#N. The molecule has 0 bridgehead atoms. The van der Waals surface area contributed by atoms with E-state index in [2.05, 4.69) is 6.07 Å². The highest BCUT2D eigenvalue weighted by Gasteiger charge is 2.42. The summed E-state index contributed by atoms with van der Waals surface area (Å²) in [4.78, 5) is 12.0. The van der Waals surface area contributed by atoms with Crippen LogP contribution in [-0.2, 0) is 9.53 Å². The zero-order chi connectivity index (χ0) is 12.6. The molecule has 1 heterocycles. The summed E-state index contributed by atoms with van der Waals surface area (Å²) in [5.41, 5.74) is 0.675. The highest BCUT2D eigenvalue weighted by atomic mass is 16.5. The summed E-state index contributed by atoms with van der Waals surface area (Å²) < 4.78 is 5.36. The van der Waals surface area contributed by atoms with Crippen molar-refractivity contribution in [2.45, 2.75) is 33.1 Å². The topological polar surface area (TPSA) is 73.9 Å². The molecule has 2 atom stereocenters. The lowest BCUT2D eigenvalue weighted by Gasteiger charge is -2.35. The van der Waals surface area contributed by atoms with Crippen LogP contribution >= 0.6 is 0 Å². The standard InChI is InChI=1S/C13H16N2O2/c1-7(2)11-8(6-14)13(15)17-10-5-3-4-9(16)12(10)11/h7-8,11,15H,3-5H2,1-2H3. The first-order chi connectivity index (χ1) is 8.06. The number of hydrogen-bond acceptors (Lipinski definition) is 4. The van der Waals surface area contributed by atoms with Crippen LogP contribution < -0.4 is 0 Å². The molecule has 1 aliphatic heterocycles. The molecule has 1 aliphatic carbocycles. The van der Waals surface area contributed by atoms with Crippen LogP contribution in [0.15, 0.2) is 11.3 Å². The minimum absolute atomic E-state index is 0.000324. The van der Waals surface area contributed by atoms with Gasteiger partial charge in [0.15, 0.2) is 5.78 Å². The van der Waals surface area contributed by atoms with E-state index in [0.29, 0.717) is 24.2 Å². The Balaban J connectivity index is 2.50. The Hall–Kier alpha value is -1.63. The van der Waals surface area contributed by atoms with Crippen LogP contribution in [0, 0.1) is 34.5 Å². The second kappa shape index (κ2) is 4.33. The van der Waals surface area contributed by atoms with E-state index in [1.54, 1.807) is 0 Å². The van der Waals surface area contributed by atoms with Crippen molar-refractivity contribution in [2.75, 3.05) is 0 Å². The van der Waals surface area contributed by atoms with E-state index in [-0.39, 0.29) is 23.5 Å². The molecule has 0 spiro atoms. The van der Waals surface area contributed by atoms with Crippen LogP contribution in [0.4, 0.5) is 0 Å². The molecule has 0 saturated heterocycles. The predicted octanol–water partition coefficient (Wildman–Crippen LogP) is 2.41. The summed E-state index contributed by atoms with van der Waals surface area (Å²) in [6.45, 7) is 3.97. The summed E-state index contributed by atoms with van der Waals surface area (Å²) in [5.74, 6) is 0.101. The molecule has 0 aromatic rings. The van der Waals surface area contributed by atoms with Crippen molar-refractivity contribution in [3.8, 4) is 6.07 Å². The van der Waals surface area contributed by atoms with Crippen LogP contribution in [0.3, 0.4) is 0 Å². The molecule has 1 N–H and O–H groups in total. The number of ether oxygens (including phenoxy) is 1. The summed E-state index contributed by atoms with van der Waals surface area (Å²) in [6, 6.07) is 2.10. The van der Waals surface area contributed by atoms with Gasteiger partial charge in [-0.15, -0.1) is 0 Å². The third-order valence-electron chi connectivity index (χ3n) is 3.47. The molecule has 2 unspecified atom stereocenters. The van der Waals surface area contributed by atoms with Crippen LogP contribution in [0.25, 0.3) is 0 Å². The third-order valence-corrected chi connectivity index (χ3v) is 3.47. The number of carbonyl (C=O) groups excluding carboxylic acids is 1. The zero-order valence-electron chi connectivity index (χ0n) is 10.1. The van der Waals surface area contributed by atoms with Gasteiger partial charge in [0.05, 0.1) is 6.07 Å². The van der Waals surface area contributed by atoms with E-state index in [4.69, 9.17) is 15.4 Å². The molecule has 90 valence electrons. The number of allylic oxidation sites excluding steroid dienone is 2. The second-order valence-corrected chi connectivity index (χ2v) is 4.96. The van der Waals surface area contributed by atoms with E-state index < -0.39 is 5.92 Å². The summed E-state index contributed by atoms with van der Waals surface area (Å²) in [5, 5.41) is 16.9. The maximum atomic E-state index is 12.0. The monoisotopic (exact) mass is 232 g/mol. The quantitative estimate of drug-likeness (QED) is 0.754. The molecule has 4 heteroatoms. The van der Waals surface area contributed by atoms with Gasteiger partial charge < -0.3 is 4.74 Å². The first-order valence-corrected chi connectivity index (χ1v) is 5.98. The van der Waals surface area contributed by atoms with Crippen molar-refractivity contribution >= 4 is 11.7 Å². The molecule has 0 saturated carbocycles. The van der Waals surface area contributed by atoms with Gasteiger partial charge in [0.25, 0.3) is 0 Å². The normalized spacial score (nSPS) is 28.8. The Morgan fingerprint density at radius 2 is 2.18 bits per heavy atom. The Bertz CT molecular complexity index is 443. The molecule has 4 nitrogen and oxygen atoms in total. The lowest BCUT2D eigenvalue weighted by Crippen LogP contribution is -2.38. The number of hydrogen-bond donors (Lipinski definition) is 1. The number of nitriles is 1. The molecular formula is C13H16N2O2. The lowest BCUT2D eigenvalue weighted by atomic mass is 9.72. The van der Waals surface area contributed by atoms with Gasteiger partial charge in [-0.3, -0.25) is 10.2 Å². The van der Waals surface area contributed by atoms with E-state index in [1.165, 1.54) is 0 Å². The van der Waals surface area contributed by atoms with Crippen molar-refractivity contribution in [3.63, 3.8) is 0 Å². The maximum Gasteiger partial charge on any atom is 0.204 e. The van der Waals surface area contributed by atoms with E-state index in [9.17, 15) is 4.79 Å². The van der Waals surface area contributed by atoms with Crippen LogP contribution in [0.2, 0.25) is 0 Å². The van der Waals surface area contributed by atoms with Gasteiger partial charge in [-0.1, -0.05) is 13.8 Å². The number of ketones is 1. The molecule has 0 aromatic heterocycles. The van der Waals surface area contributed by atoms with Gasteiger partial charge in [-0.2, -0.15) is 5.26 Å². The smallest absolute Gasteiger partial charge is 0.204 e. The Morgan fingerprint density at radius 1 is 1.47 bits per heavy atom. The van der Waals surface area contributed by atoms with Gasteiger partial charge in [-0.25, -0.2) is 0 Å². The first kappa shape index (κ1) is 11.8. The minimum Gasteiger partial charge on any atom is -0.446 e. The molecule has 0 fully saturated rings. The Kier molecular flexibility index (Phi) is 3.01. The van der Waals surface area contributed by atoms with Crippen molar-refractivity contribution in [1.29, 1.82) is 10.7 Å². The first-order valence-electron chi connectivity index (χ1n) is 5.98. The number of carbonyl (C=O) groups is 1. The fourth-order valence-electron chi connectivity index (χ4n) is 2.70. The van der Waals surface area contributed by atoms with Crippen molar-refractivity contribution < 1.29 is 9.53 Å². The highest BCUT2D eigenvalue weighted by Crippen LogP contribution is 2.40. The molecule has 17 heavy (non-hydrogen) atoms. The average Bonchev–Trinajstić information content (AvgIpc) is 2.27. The molecule has 2 rings (SSSR count). The summed E-state index contributed by atoms with van der Waals surface area (Å²) in [7, 11) is 0. The van der Waals surface area contributed by atoms with Crippen molar-refractivity contribution in [3.05, 3.63) is 11.3 Å². The zero-order valence-corrected chi connectivity index (χ0v) is 10.1. The van der Waals surface area contributed by atoms with Crippen molar-refractivity contribution in [2.24, 2.45) is 17.8 Å². The largest absolute Gasteiger partial charge is 0.446 e. The van der Waals surface area contributed by atoms with Crippen LogP contribution in [0.1, 0.15) is 33.1 Å². The van der Waals surface area contributed by atoms with E-state index >= 15 is 0 Å². The fraction of sp³-hybridized carbons (Fsp3) is 0.615. The highest BCUT2D eigenvalue weighted by molar-refractivity contribution is 6.00. The Morgan fingerprint density at radius 3 is 2.76 bits per heavy atom. The second-order valence-electron chi connectivity index (χ2n) is 4.96. The number of nitrogens with one attached hydrogen (secondary N) is 1. The molecule has 0 amide bonds. The van der Waals surface area contributed by atoms with Gasteiger partial charge in [0, 0.05) is 24.3 Å². The van der Waals surface area contributed by atoms with Crippen molar-refractivity contribution in [1.82, 2.24) is 0 Å². The lowest BCUT2D eigenvalue weighted by molar-refractivity contribution is -0.117. The van der Waals surface area contributed by atoms with Crippen LogP contribution in [0.5, 0.6) is 0 Å². The summed E-state index contributed by atoms with van der Waals surface area (Å²) >= 11 is 0. The molecule has 2 aliphatic rings. The fourth-order valence-corrected chi connectivity index (χ4v) is 2.70. The molecule has 0 aromatic carbocycles. The maximum absolute atomic E-state index is 12.0. The number of Topliss-reactive ketones (excluding diaryl/α,β-unsaturated/α-hetero) is 1. The van der Waals surface area contributed by atoms with E-state index in [0.717, 1.165) is 6.42 Å². The summed E-state index contributed by atoms with van der Waals surface area (Å²) in [6.07, 6.45) is 2.04. The predicted molar refractivity (Wildman–Crippen MR) is 62.1 cm³/mol. The van der Waals surface area contributed by atoms with Crippen LogP contribution in [-0.4, -0.2) is 11.7 Å². The number of nitrogens with zero attached hydrogens (tertiary/aromatic N) is 1. The van der Waals surface area contributed by atoms with Gasteiger partial charge in [0.2, 0.25) is 5.90 Å². The Labute approximate surface area is 101 Å². The molecule has 0 radical (unpaired) electrons. The number of rotatable bonds is 1. The van der Waals surface area contributed by atoms with Gasteiger partial charge in [-0.05, 0) is 12.3 Å².